The summed E-state index contributed by atoms with van der Waals surface area (Å²) in [6.07, 6.45) is 0. The molecule has 1 aromatic rings. The third-order valence-electron chi connectivity index (χ3n) is 2.26. The van der Waals surface area contributed by atoms with Crippen molar-refractivity contribution >= 4 is 45.0 Å². The number of aliphatic hydroxyl groups excluding tert-OH is 1. The molecule has 0 aliphatic rings. The number of benzene rings is 1. The van der Waals surface area contributed by atoms with E-state index in [1.54, 1.807) is 0 Å². The molecule has 2 N–H and O–H groups in total. The standard InChI is InChI=1S/C10H10Cl2F3NO3S2/c11-7-1-2-8(9(12)6(7)5-17)21(18,19)16-3-4-20-10(13,14)15/h1-2,16-17H,3-5H2. The van der Waals surface area contributed by atoms with Crippen LogP contribution in [0.5, 0.6) is 0 Å². The van der Waals surface area contributed by atoms with E-state index < -0.39 is 34.4 Å². The average Bonchev–Trinajstić information content (AvgIpc) is 2.34. The predicted octanol–water partition coefficient (Wildman–Crippen LogP) is 3.02. The fraction of sp³-hybridized carbons (Fsp3) is 0.400. The van der Waals surface area contributed by atoms with Crippen LogP contribution < -0.4 is 4.72 Å². The molecule has 0 fully saturated rings. The van der Waals surface area contributed by atoms with E-state index in [2.05, 4.69) is 0 Å². The Balaban J connectivity index is 2.84. The molecule has 120 valence electrons. The van der Waals surface area contributed by atoms with Gasteiger partial charge in [0.1, 0.15) is 4.90 Å². The van der Waals surface area contributed by atoms with Crippen LogP contribution in [0.3, 0.4) is 0 Å². The summed E-state index contributed by atoms with van der Waals surface area (Å²) in [4.78, 5) is -0.352. The molecule has 0 saturated carbocycles. The summed E-state index contributed by atoms with van der Waals surface area (Å²) in [5.41, 5.74) is -4.39. The van der Waals surface area contributed by atoms with Crippen molar-refractivity contribution < 1.29 is 26.7 Å². The van der Waals surface area contributed by atoms with Crippen LogP contribution in [0.25, 0.3) is 0 Å². The summed E-state index contributed by atoms with van der Waals surface area (Å²) in [6.45, 7) is -0.981. The fourth-order valence-electron chi connectivity index (χ4n) is 1.35. The maximum absolute atomic E-state index is 11.9. The minimum absolute atomic E-state index is 0.0332. The lowest BCUT2D eigenvalue weighted by molar-refractivity contribution is -0.0327. The maximum Gasteiger partial charge on any atom is 0.441 e. The topological polar surface area (TPSA) is 66.4 Å². The Morgan fingerprint density at radius 2 is 1.90 bits per heavy atom. The van der Waals surface area contributed by atoms with Crippen LogP contribution in [0.2, 0.25) is 10.0 Å². The van der Waals surface area contributed by atoms with E-state index in [9.17, 15) is 21.6 Å². The number of hydrogen-bond donors (Lipinski definition) is 2. The van der Waals surface area contributed by atoms with Gasteiger partial charge in [-0.05, 0) is 23.9 Å². The van der Waals surface area contributed by atoms with Crippen LogP contribution in [0, 0.1) is 0 Å². The summed E-state index contributed by atoms with van der Waals surface area (Å²) in [5.74, 6) is -0.471. The van der Waals surface area contributed by atoms with Gasteiger partial charge >= 0.3 is 5.51 Å². The van der Waals surface area contributed by atoms with Gasteiger partial charge in [-0.15, -0.1) is 0 Å². The first-order valence-corrected chi connectivity index (χ1v) is 8.59. The number of rotatable bonds is 6. The Labute approximate surface area is 133 Å². The quantitative estimate of drug-likeness (QED) is 0.741. The average molecular weight is 384 g/mol. The molecule has 0 saturated heterocycles. The predicted molar refractivity (Wildman–Crippen MR) is 76.1 cm³/mol. The highest BCUT2D eigenvalue weighted by Gasteiger charge is 2.28. The molecule has 0 aromatic heterocycles. The minimum Gasteiger partial charge on any atom is -0.392 e. The van der Waals surface area contributed by atoms with Gasteiger partial charge in [0.2, 0.25) is 10.0 Å². The van der Waals surface area contributed by atoms with E-state index in [1.165, 1.54) is 6.07 Å². The second-order valence-electron chi connectivity index (χ2n) is 3.69. The molecule has 0 atom stereocenters. The van der Waals surface area contributed by atoms with Crippen LogP contribution in [-0.4, -0.2) is 31.3 Å². The van der Waals surface area contributed by atoms with Crippen molar-refractivity contribution in [3.05, 3.63) is 27.7 Å². The number of thioether (sulfide) groups is 1. The molecule has 0 aliphatic heterocycles. The van der Waals surface area contributed by atoms with Crippen molar-refractivity contribution in [2.75, 3.05) is 12.3 Å². The minimum atomic E-state index is -4.42. The lowest BCUT2D eigenvalue weighted by Crippen LogP contribution is -2.27. The van der Waals surface area contributed by atoms with Gasteiger partial charge in [-0.25, -0.2) is 13.1 Å². The maximum atomic E-state index is 11.9. The van der Waals surface area contributed by atoms with Crippen molar-refractivity contribution in [3.8, 4) is 0 Å². The lowest BCUT2D eigenvalue weighted by Gasteiger charge is -2.12. The van der Waals surface area contributed by atoms with Gasteiger partial charge in [-0.3, -0.25) is 0 Å². The summed E-state index contributed by atoms with van der Waals surface area (Å²) in [5, 5.41) is 8.91. The Morgan fingerprint density at radius 1 is 1.29 bits per heavy atom. The highest BCUT2D eigenvalue weighted by Crippen LogP contribution is 2.31. The van der Waals surface area contributed by atoms with Crippen LogP contribution in [0.4, 0.5) is 13.2 Å². The van der Waals surface area contributed by atoms with Gasteiger partial charge in [-0.1, -0.05) is 23.2 Å². The summed E-state index contributed by atoms with van der Waals surface area (Å²) >= 11 is 11.2. The molecule has 11 heteroatoms. The summed E-state index contributed by atoms with van der Waals surface area (Å²) < 4.78 is 61.7. The molecule has 0 bridgehead atoms. The van der Waals surface area contributed by atoms with Gasteiger partial charge in [0.05, 0.1) is 11.6 Å². The van der Waals surface area contributed by atoms with E-state index in [4.69, 9.17) is 28.3 Å². The van der Waals surface area contributed by atoms with Crippen LogP contribution in [0.15, 0.2) is 17.0 Å². The van der Waals surface area contributed by atoms with E-state index in [0.717, 1.165) is 6.07 Å². The van der Waals surface area contributed by atoms with Crippen molar-refractivity contribution in [3.63, 3.8) is 0 Å². The van der Waals surface area contributed by atoms with Crippen LogP contribution in [0.1, 0.15) is 5.56 Å². The van der Waals surface area contributed by atoms with Crippen LogP contribution in [-0.2, 0) is 16.6 Å². The number of alkyl halides is 3. The summed E-state index contributed by atoms with van der Waals surface area (Å²) in [7, 11) is -4.09. The normalized spacial score (nSPS) is 12.7. The number of halogens is 5. The van der Waals surface area contributed by atoms with Gasteiger partial charge < -0.3 is 5.11 Å². The zero-order valence-corrected chi connectivity index (χ0v) is 13.4. The first-order valence-electron chi connectivity index (χ1n) is 5.36. The van der Waals surface area contributed by atoms with E-state index in [0.29, 0.717) is 0 Å². The van der Waals surface area contributed by atoms with Crippen molar-refractivity contribution in [1.29, 1.82) is 0 Å². The molecule has 0 heterocycles. The molecule has 4 nitrogen and oxygen atoms in total. The van der Waals surface area contributed by atoms with Gasteiger partial charge in [0.25, 0.3) is 0 Å². The van der Waals surface area contributed by atoms with Gasteiger partial charge in [0.15, 0.2) is 0 Å². The molecule has 0 amide bonds. The number of sulfonamides is 1. The van der Waals surface area contributed by atoms with Crippen LogP contribution >= 0.6 is 35.0 Å². The van der Waals surface area contributed by atoms with E-state index >= 15 is 0 Å². The van der Waals surface area contributed by atoms with Gasteiger partial charge in [-0.2, -0.15) is 13.2 Å². The van der Waals surface area contributed by atoms with E-state index in [-0.39, 0.29) is 32.3 Å². The molecule has 1 aromatic carbocycles. The first-order chi connectivity index (χ1) is 9.58. The number of aliphatic hydroxyl groups is 1. The third kappa shape index (κ3) is 5.50. The largest absolute Gasteiger partial charge is 0.441 e. The number of nitrogens with one attached hydrogen (secondary N) is 1. The monoisotopic (exact) mass is 383 g/mol. The molecule has 0 radical (unpaired) electrons. The molecule has 1 rings (SSSR count). The zero-order valence-electron chi connectivity index (χ0n) is 10.2. The number of hydrogen-bond acceptors (Lipinski definition) is 4. The Bertz CT molecular complexity index is 608. The molecule has 21 heavy (non-hydrogen) atoms. The summed E-state index contributed by atoms with van der Waals surface area (Å²) in [6, 6.07) is 2.35. The van der Waals surface area contributed by atoms with Crippen molar-refractivity contribution in [2.24, 2.45) is 0 Å². The fourth-order valence-corrected chi connectivity index (χ4v) is 3.84. The molecular formula is C10H10Cl2F3NO3S2. The molecular weight excluding hydrogens is 374 g/mol. The smallest absolute Gasteiger partial charge is 0.392 e. The Morgan fingerprint density at radius 3 is 2.43 bits per heavy atom. The Kier molecular flexibility index (Phi) is 6.63. The second kappa shape index (κ2) is 7.38. The van der Waals surface area contributed by atoms with Crippen molar-refractivity contribution in [2.45, 2.75) is 17.0 Å². The zero-order chi connectivity index (χ0) is 16.3. The Hall–Kier alpha value is -0.190. The lowest BCUT2D eigenvalue weighted by atomic mass is 10.2. The molecule has 0 spiro atoms. The highest BCUT2D eigenvalue weighted by atomic mass is 35.5. The van der Waals surface area contributed by atoms with Gasteiger partial charge in [0, 0.05) is 22.9 Å². The molecule has 0 aliphatic carbocycles. The first kappa shape index (κ1) is 18.9. The van der Waals surface area contributed by atoms with E-state index in [1.807, 2.05) is 4.72 Å². The SMILES string of the molecule is O=S(=O)(NCCSC(F)(F)F)c1ccc(Cl)c(CO)c1Cl. The third-order valence-corrected chi connectivity index (χ3v) is 5.39. The van der Waals surface area contributed by atoms with Crippen molar-refractivity contribution in [1.82, 2.24) is 4.72 Å². The highest BCUT2D eigenvalue weighted by molar-refractivity contribution is 8.00. The molecule has 0 unspecified atom stereocenters. The second-order valence-corrected chi connectivity index (χ2v) is 7.37.